The third-order valence-corrected chi connectivity index (χ3v) is 6.17. The Bertz CT molecular complexity index is 1080. The smallest absolute Gasteiger partial charge is 0.416 e. The molecule has 1 atom stereocenters. The van der Waals surface area contributed by atoms with Crippen molar-refractivity contribution < 1.29 is 44.7 Å². The normalized spacial score (nSPS) is 17.4. The van der Waals surface area contributed by atoms with Gasteiger partial charge < -0.3 is 5.11 Å². The van der Waals surface area contributed by atoms with Crippen LogP contribution in [0.5, 0.6) is 0 Å². The van der Waals surface area contributed by atoms with E-state index < -0.39 is 57.0 Å². The zero-order valence-corrected chi connectivity index (χ0v) is 16.3. The first kappa shape index (κ1) is 23.1. The second-order valence-corrected chi connectivity index (χ2v) is 8.62. The van der Waals surface area contributed by atoms with E-state index in [2.05, 4.69) is 9.82 Å². The van der Waals surface area contributed by atoms with Gasteiger partial charge in [-0.2, -0.15) is 31.4 Å². The van der Waals surface area contributed by atoms with E-state index in [1.807, 2.05) is 0 Å². The number of hydrogen-bond donors (Lipinski definition) is 2. The average Bonchev–Trinajstić information content (AvgIpc) is 3.03. The molecule has 0 amide bonds. The number of sulfonamides is 1. The highest BCUT2D eigenvalue weighted by molar-refractivity contribution is 7.89. The molecule has 1 aromatic heterocycles. The maximum atomic E-state index is 13.0. The van der Waals surface area contributed by atoms with Gasteiger partial charge in [-0.15, -0.1) is 0 Å². The van der Waals surface area contributed by atoms with Crippen LogP contribution in [0, 0.1) is 0 Å². The molecule has 31 heavy (non-hydrogen) atoms. The molecule has 0 saturated carbocycles. The largest absolute Gasteiger partial charge is 0.480 e. The van der Waals surface area contributed by atoms with Crippen LogP contribution >= 0.6 is 0 Å². The molecule has 0 radical (unpaired) electrons. The van der Waals surface area contributed by atoms with Crippen molar-refractivity contribution in [3.05, 3.63) is 46.8 Å². The summed E-state index contributed by atoms with van der Waals surface area (Å²) in [6, 6.07) is -0.877. The number of carboxylic acids is 1. The summed E-state index contributed by atoms with van der Waals surface area (Å²) in [4.78, 5) is 9.74. The number of alkyl halides is 6. The van der Waals surface area contributed by atoms with Crippen LogP contribution in [0.3, 0.4) is 0 Å². The van der Waals surface area contributed by atoms with Gasteiger partial charge in [-0.25, -0.2) is 13.1 Å². The van der Waals surface area contributed by atoms with E-state index in [1.54, 1.807) is 0 Å². The van der Waals surface area contributed by atoms with E-state index in [0.717, 1.165) is 4.68 Å². The van der Waals surface area contributed by atoms with Gasteiger partial charge in [0.05, 0.1) is 28.3 Å². The molecule has 3 rings (SSSR count). The summed E-state index contributed by atoms with van der Waals surface area (Å²) >= 11 is 0. The minimum absolute atomic E-state index is 0.134. The molecule has 0 saturated heterocycles. The predicted octanol–water partition coefficient (Wildman–Crippen LogP) is 3.36. The van der Waals surface area contributed by atoms with Crippen molar-refractivity contribution >= 4 is 16.0 Å². The van der Waals surface area contributed by atoms with Crippen molar-refractivity contribution in [3.8, 4) is 0 Å². The minimum Gasteiger partial charge on any atom is -0.480 e. The molecule has 1 aliphatic rings. The number of carboxylic acid groups (broad SMARTS) is 1. The second kappa shape index (κ2) is 7.82. The molecule has 1 heterocycles. The molecule has 2 N–H and O–H groups in total. The highest BCUT2D eigenvalue weighted by Crippen LogP contribution is 2.38. The summed E-state index contributed by atoms with van der Waals surface area (Å²) in [6.07, 6.45) is -8.15. The number of rotatable bonds is 5. The Morgan fingerprint density at radius 3 is 2.23 bits per heavy atom. The van der Waals surface area contributed by atoms with E-state index in [-0.39, 0.29) is 24.6 Å². The Labute approximate surface area is 171 Å². The van der Waals surface area contributed by atoms with E-state index >= 15 is 0 Å². The van der Waals surface area contributed by atoms with E-state index in [0.29, 0.717) is 24.1 Å². The first-order valence-corrected chi connectivity index (χ1v) is 10.2. The van der Waals surface area contributed by atoms with Gasteiger partial charge in [0, 0.05) is 11.3 Å². The van der Waals surface area contributed by atoms with Crippen molar-refractivity contribution in [1.82, 2.24) is 14.5 Å². The van der Waals surface area contributed by atoms with Gasteiger partial charge in [0.2, 0.25) is 10.0 Å². The molecular weight excluding hydrogens is 456 g/mol. The van der Waals surface area contributed by atoms with Crippen LogP contribution in [0.1, 0.15) is 41.3 Å². The molecule has 1 aliphatic carbocycles. The van der Waals surface area contributed by atoms with Gasteiger partial charge >= 0.3 is 18.3 Å². The number of halogens is 6. The van der Waals surface area contributed by atoms with Gasteiger partial charge in [0.25, 0.3) is 0 Å². The number of hydrogen-bond acceptors (Lipinski definition) is 4. The van der Waals surface area contributed by atoms with Gasteiger partial charge in [0.1, 0.15) is 6.54 Å². The first-order chi connectivity index (χ1) is 14.2. The number of benzene rings is 1. The van der Waals surface area contributed by atoms with Crippen molar-refractivity contribution in [2.24, 2.45) is 0 Å². The van der Waals surface area contributed by atoms with Gasteiger partial charge in [-0.05, 0) is 37.5 Å². The van der Waals surface area contributed by atoms with Crippen molar-refractivity contribution in [1.29, 1.82) is 0 Å². The monoisotopic (exact) mass is 471 g/mol. The SMILES string of the molecule is O=C(O)Cn1ncc2c1CCCC2NS(=O)(=O)c1cc(C(F)(F)F)cc(C(F)(F)F)c1. The predicted molar refractivity (Wildman–Crippen MR) is 92.3 cm³/mol. The summed E-state index contributed by atoms with van der Waals surface area (Å²) < 4.78 is 107. The van der Waals surface area contributed by atoms with Crippen LogP contribution in [0.2, 0.25) is 0 Å². The van der Waals surface area contributed by atoms with E-state index in [4.69, 9.17) is 5.11 Å². The third kappa shape index (κ3) is 5.01. The Morgan fingerprint density at radius 2 is 1.71 bits per heavy atom. The van der Waals surface area contributed by atoms with Crippen molar-refractivity contribution in [3.63, 3.8) is 0 Å². The molecule has 7 nitrogen and oxygen atoms in total. The lowest BCUT2D eigenvalue weighted by atomic mass is 9.94. The Balaban J connectivity index is 1.99. The molecule has 0 bridgehead atoms. The number of fused-ring (bicyclic) bond motifs is 1. The molecule has 1 aromatic carbocycles. The molecule has 170 valence electrons. The first-order valence-electron chi connectivity index (χ1n) is 8.76. The van der Waals surface area contributed by atoms with Crippen LogP contribution in [-0.4, -0.2) is 29.3 Å². The van der Waals surface area contributed by atoms with Crippen LogP contribution < -0.4 is 4.72 Å². The molecule has 0 aliphatic heterocycles. The average molecular weight is 471 g/mol. The fourth-order valence-electron chi connectivity index (χ4n) is 3.34. The maximum absolute atomic E-state index is 13.0. The Morgan fingerprint density at radius 1 is 1.13 bits per heavy atom. The number of aromatic nitrogens is 2. The summed E-state index contributed by atoms with van der Waals surface area (Å²) in [7, 11) is -4.79. The maximum Gasteiger partial charge on any atom is 0.416 e. The van der Waals surface area contributed by atoms with E-state index in [9.17, 15) is 39.6 Å². The third-order valence-electron chi connectivity index (χ3n) is 4.72. The second-order valence-electron chi connectivity index (χ2n) is 6.91. The molecular formula is C17H15F6N3O4S. The highest BCUT2D eigenvalue weighted by atomic mass is 32.2. The van der Waals surface area contributed by atoms with Gasteiger partial charge in [0.15, 0.2) is 0 Å². The van der Waals surface area contributed by atoms with Crippen LogP contribution in [0.25, 0.3) is 0 Å². The van der Waals surface area contributed by atoms with Gasteiger partial charge in [-0.1, -0.05) is 0 Å². The number of aliphatic carboxylic acids is 1. The zero-order chi connectivity index (χ0) is 23.2. The summed E-state index contributed by atoms with van der Waals surface area (Å²) in [5.74, 6) is -1.18. The lowest BCUT2D eigenvalue weighted by Crippen LogP contribution is -2.31. The lowest BCUT2D eigenvalue weighted by Gasteiger charge is -2.24. The van der Waals surface area contributed by atoms with Crippen molar-refractivity contribution in [2.45, 2.75) is 49.1 Å². The standard InChI is InChI=1S/C17H15F6N3O4S/c18-16(19,20)9-4-10(17(21,22)23)6-11(5-9)31(29,30)25-13-2-1-3-14-12(13)7-24-26(14)8-15(27)28/h4-7,13,25H,1-3,8H2,(H,27,28). The minimum atomic E-state index is -5.19. The topological polar surface area (TPSA) is 101 Å². The molecule has 0 spiro atoms. The Hall–Kier alpha value is -2.61. The van der Waals surface area contributed by atoms with Crippen LogP contribution in [0.4, 0.5) is 26.3 Å². The van der Waals surface area contributed by atoms with Gasteiger partial charge in [-0.3, -0.25) is 9.48 Å². The zero-order valence-electron chi connectivity index (χ0n) is 15.5. The number of nitrogens with zero attached hydrogens (tertiary/aromatic N) is 2. The molecule has 2 aromatic rings. The van der Waals surface area contributed by atoms with Crippen LogP contribution in [-0.2, 0) is 40.1 Å². The van der Waals surface area contributed by atoms with E-state index in [1.165, 1.54) is 6.20 Å². The number of carbonyl (C=O) groups is 1. The Kier molecular flexibility index (Phi) is 5.82. The molecule has 1 unspecified atom stereocenters. The molecule has 0 fully saturated rings. The summed E-state index contributed by atoms with van der Waals surface area (Å²) in [5, 5.41) is 12.8. The van der Waals surface area contributed by atoms with Crippen LogP contribution in [0.15, 0.2) is 29.3 Å². The fraction of sp³-hybridized carbons (Fsp3) is 0.412. The van der Waals surface area contributed by atoms with Crippen molar-refractivity contribution in [2.75, 3.05) is 0 Å². The summed E-state index contributed by atoms with van der Waals surface area (Å²) in [6.45, 7) is -0.475. The summed E-state index contributed by atoms with van der Waals surface area (Å²) in [5.41, 5.74) is -2.75. The highest BCUT2D eigenvalue weighted by Gasteiger charge is 2.39. The fourth-order valence-corrected chi connectivity index (χ4v) is 4.66. The lowest BCUT2D eigenvalue weighted by molar-refractivity contribution is -0.143. The molecule has 14 heteroatoms. The number of nitrogens with one attached hydrogen (secondary N) is 1. The quantitative estimate of drug-likeness (QED) is 0.652.